The monoisotopic (exact) mass is 519 g/mol. The third-order valence-electron chi connectivity index (χ3n) is 4.91. The second-order valence-corrected chi connectivity index (χ2v) is 10.1. The number of sulfonamides is 1. The lowest BCUT2D eigenvalue weighted by molar-refractivity contribution is -0.121. The Balaban J connectivity index is 1.83. The smallest absolute Gasteiger partial charge is 0.255 e. The van der Waals surface area contributed by atoms with Gasteiger partial charge in [-0.2, -0.15) is 9.41 Å². The van der Waals surface area contributed by atoms with Crippen LogP contribution in [0.1, 0.15) is 16.7 Å². The summed E-state index contributed by atoms with van der Waals surface area (Å²) >= 11 is 12.2. The molecule has 0 saturated heterocycles. The number of nitrogens with zero attached hydrogens (tertiary/aromatic N) is 2. The Morgan fingerprint density at radius 2 is 1.74 bits per heavy atom. The van der Waals surface area contributed by atoms with Gasteiger partial charge in [-0.15, -0.1) is 0 Å². The number of carbonyl (C=O) groups is 1. The van der Waals surface area contributed by atoms with E-state index in [4.69, 9.17) is 27.9 Å². The van der Waals surface area contributed by atoms with E-state index in [2.05, 4.69) is 10.5 Å². The zero-order valence-electron chi connectivity index (χ0n) is 18.5. The van der Waals surface area contributed by atoms with Crippen molar-refractivity contribution in [3.8, 4) is 5.75 Å². The van der Waals surface area contributed by atoms with Gasteiger partial charge in [0.05, 0.1) is 34.8 Å². The number of carbonyl (C=O) groups excluding carboxylic acids is 1. The zero-order valence-corrected chi connectivity index (χ0v) is 20.9. The average Bonchev–Trinajstić information content (AvgIpc) is 2.81. The number of methoxy groups -OCH3 is 1. The van der Waals surface area contributed by atoms with E-state index >= 15 is 0 Å². The van der Waals surface area contributed by atoms with Crippen molar-refractivity contribution in [2.75, 3.05) is 13.7 Å². The predicted octanol–water partition coefficient (Wildman–Crippen LogP) is 4.65. The number of aryl methyl sites for hydroxylation is 1. The molecule has 0 aromatic heterocycles. The highest BCUT2D eigenvalue weighted by Gasteiger charge is 2.27. The maximum atomic E-state index is 13.4. The number of benzene rings is 3. The summed E-state index contributed by atoms with van der Waals surface area (Å²) in [7, 11) is -2.50. The van der Waals surface area contributed by atoms with Crippen LogP contribution >= 0.6 is 23.2 Å². The lowest BCUT2D eigenvalue weighted by atomic mass is 10.2. The molecule has 0 saturated carbocycles. The molecule has 1 N–H and O–H groups in total. The second kappa shape index (κ2) is 11.5. The third kappa shape index (κ3) is 6.36. The van der Waals surface area contributed by atoms with Gasteiger partial charge in [0.1, 0.15) is 5.75 Å². The molecule has 0 aliphatic rings. The molecule has 0 radical (unpaired) electrons. The van der Waals surface area contributed by atoms with E-state index in [9.17, 15) is 13.2 Å². The first-order chi connectivity index (χ1) is 16.2. The number of hydrogen-bond acceptors (Lipinski definition) is 5. The van der Waals surface area contributed by atoms with Crippen molar-refractivity contribution in [1.82, 2.24) is 9.73 Å². The van der Waals surface area contributed by atoms with Crippen molar-refractivity contribution in [2.45, 2.75) is 18.4 Å². The molecule has 0 heterocycles. The summed E-state index contributed by atoms with van der Waals surface area (Å²) in [6.45, 7) is 1.30. The normalized spacial score (nSPS) is 11.7. The molecule has 0 aliphatic heterocycles. The maximum Gasteiger partial charge on any atom is 0.255 e. The Morgan fingerprint density at radius 3 is 2.35 bits per heavy atom. The van der Waals surface area contributed by atoms with Crippen LogP contribution in [0.15, 0.2) is 76.7 Å². The first-order valence-corrected chi connectivity index (χ1v) is 12.4. The maximum absolute atomic E-state index is 13.4. The molecule has 0 bridgehead atoms. The summed E-state index contributed by atoms with van der Waals surface area (Å²) in [6.07, 6.45) is 1.31. The molecule has 3 aromatic rings. The molecule has 7 nitrogen and oxygen atoms in total. The van der Waals surface area contributed by atoms with Crippen molar-refractivity contribution in [1.29, 1.82) is 0 Å². The van der Waals surface area contributed by atoms with Crippen molar-refractivity contribution in [3.05, 3.63) is 93.5 Å². The number of rotatable bonds is 9. The van der Waals surface area contributed by atoms with E-state index in [0.717, 1.165) is 9.87 Å². The van der Waals surface area contributed by atoms with Gasteiger partial charge in [-0.25, -0.2) is 13.8 Å². The van der Waals surface area contributed by atoms with Gasteiger partial charge < -0.3 is 4.74 Å². The second-order valence-electron chi connectivity index (χ2n) is 7.32. The predicted molar refractivity (Wildman–Crippen MR) is 134 cm³/mol. The Morgan fingerprint density at radius 1 is 1.06 bits per heavy atom. The van der Waals surface area contributed by atoms with Crippen LogP contribution in [-0.4, -0.2) is 38.5 Å². The summed E-state index contributed by atoms with van der Waals surface area (Å²) in [4.78, 5) is 12.7. The van der Waals surface area contributed by atoms with Crippen LogP contribution < -0.4 is 10.2 Å². The van der Waals surface area contributed by atoms with Crippen molar-refractivity contribution in [3.63, 3.8) is 0 Å². The third-order valence-corrected chi connectivity index (χ3v) is 7.36. The van der Waals surface area contributed by atoms with E-state index in [1.54, 1.807) is 55.5 Å². The van der Waals surface area contributed by atoms with Crippen LogP contribution in [0.2, 0.25) is 10.0 Å². The molecule has 1 amide bonds. The van der Waals surface area contributed by atoms with E-state index < -0.39 is 22.5 Å². The minimum absolute atomic E-state index is 0.00171. The average molecular weight is 520 g/mol. The standard InChI is InChI=1S/C24H23Cl2N3O4S/c1-17-13-19(11-12-23(17)33-2)34(31,32)29(15-18-7-4-3-5-8-18)16-24(30)28-27-14-20-21(25)9-6-10-22(20)26/h3-14H,15-16H2,1-2H3,(H,28,30)/b27-14+. The number of nitrogens with one attached hydrogen (secondary N) is 1. The molecule has 0 fully saturated rings. The fourth-order valence-corrected chi connectivity index (χ4v) is 5.14. The molecule has 3 rings (SSSR count). The number of ether oxygens (including phenoxy) is 1. The summed E-state index contributed by atoms with van der Waals surface area (Å²) in [5.74, 6) is -0.0527. The Kier molecular flexibility index (Phi) is 8.68. The number of halogens is 2. The van der Waals surface area contributed by atoms with E-state index in [1.807, 2.05) is 6.07 Å². The lowest BCUT2D eigenvalue weighted by Crippen LogP contribution is -2.39. The Labute approximate surface area is 209 Å². The lowest BCUT2D eigenvalue weighted by Gasteiger charge is -2.22. The SMILES string of the molecule is COc1ccc(S(=O)(=O)N(CC(=O)N/N=C/c2c(Cl)cccc2Cl)Cc2ccccc2)cc1C. The van der Waals surface area contributed by atoms with Gasteiger partial charge in [-0.1, -0.05) is 59.6 Å². The van der Waals surface area contributed by atoms with Crippen molar-refractivity contribution < 1.29 is 17.9 Å². The Bertz CT molecular complexity index is 1280. The summed E-state index contributed by atoms with van der Waals surface area (Å²) in [5, 5.41) is 4.62. The van der Waals surface area contributed by atoms with Crippen LogP contribution in [0.5, 0.6) is 5.75 Å². The molecule has 0 spiro atoms. The number of amides is 1. The van der Waals surface area contributed by atoms with E-state index in [-0.39, 0.29) is 11.4 Å². The fraction of sp³-hybridized carbons (Fsp3) is 0.167. The van der Waals surface area contributed by atoms with Crippen LogP contribution in [0.25, 0.3) is 0 Å². The van der Waals surface area contributed by atoms with Gasteiger partial charge >= 0.3 is 0 Å². The van der Waals surface area contributed by atoms with Gasteiger partial charge in [0.2, 0.25) is 10.0 Å². The summed E-state index contributed by atoms with van der Waals surface area (Å²) in [6, 6.07) is 18.5. The largest absolute Gasteiger partial charge is 0.496 e. The minimum Gasteiger partial charge on any atom is -0.496 e. The van der Waals surface area contributed by atoms with E-state index in [1.165, 1.54) is 25.5 Å². The molecular weight excluding hydrogens is 497 g/mol. The molecule has 0 aliphatic carbocycles. The number of hydrazone groups is 1. The highest BCUT2D eigenvalue weighted by atomic mass is 35.5. The first kappa shape index (κ1) is 25.7. The van der Waals surface area contributed by atoms with E-state index in [0.29, 0.717) is 26.9 Å². The van der Waals surface area contributed by atoms with Gasteiger partial charge in [-0.3, -0.25) is 4.79 Å². The number of hydrogen-bond donors (Lipinski definition) is 1. The highest BCUT2D eigenvalue weighted by molar-refractivity contribution is 7.89. The Hall–Kier alpha value is -2.91. The van der Waals surface area contributed by atoms with Crippen molar-refractivity contribution in [2.24, 2.45) is 5.10 Å². The quantitative estimate of drug-likeness (QED) is 0.329. The van der Waals surface area contributed by atoms with Gasteiger partial charge in [0.15, 0.2) is 0 Å². The van der Waals surface area contributed by atoms with Crippen LogP contribution in [0.4, 0.5) is 0 Å². The zero-order chi connectivity index (χ0) is 24.7. The van der Waals surface area contributed by atoms with Gasteiger partial charge in [-0.05, 0) is 48.4 Å². The molecule has 34 heavy (non-hydrogen) atoms. The van der Waals surface area contributed by atoms with Crippen LogP contribution in [0, 0.1) is 6.92 Å². The molecule has 10 heteroatoms. The fourth-order valence-electron chi connectivity index (χ4n) is 3.17. The van der Waals surface area contributed by atoms with Crippen LogP contribution in [0.3, 0.4) is 0 Å². The first-order valence-electron chi connectivity index (χ1n) is 10.2. The van der Waals surface area contributed by atoms with Crippen molar-refractivity contribution >= 4 is 45.3 Å². The van der Waals surface area contributed by atoms with Crippen LogP contribution in [-0.2, 0) is 21.4 Å². The molecule has 178 valence electrons. The highest BCUT2D eigenvalue weighted by Crippen LogP contribution is 2.25. The van der Waals surface area contributed by atoms with Gasteiger partial charge in [0.25, 0.3) is 5.91 Å². The molecular formula is C24H23Cl2N3O4S. The molecule has 0 unspecified atom stereocenters. The summed E-state index contributed by atoms with van der Waals surface area (Å²) < 4.78 is 33.2. The molecule has 3 aromatic carbocycles. The topological polar surface area (TPSA) is 88.1 Å². The molecule has 0 atom stereocenters. The summed E-state index contributed by atoms with van der Waals surface area (Å²) in [5.41, 5.74) is 4.17. The minimum atomic E-state index is -4.01. The van der Waals surface area contributed by atoms with Gasteiger partial charge in [0, 0.05) is 12.1 Å².